The first-order chi connectivity index (χ1) is 12.8. The van der Waals surface area contributed by atoms with Crippen LogP contribution >= 0.6 is 11.6 Å². The molecule has 28 heavy (non-hydrogen) atoms. The number of benzene rings is 2. The predicted molar refractivity (Wildman–Crippen MR) is 101 cm³/mol. The van der Waals surface area contributed by atoms with E-state index in [1.165, 1.54) is 0 Å². The summed E-state index contributed by atoms with van der Waals surface area (Å²) in [4.78, 5) is 12.1. The fourth-order valence-electron chi connectivity index (χ4n) is 2.82. The zero-order valence-electron chi connectivity index (χ0n) is 15.2. The molecule has 2 N–H and O–H groups in total. The molecule has 0 fully saturated rings. The molecule has 2 rings (SSSR count). The Morgan fingerprint density at radius 3 is 2.18 bits per heavy atom. The molecule has 152 valence electrons. The van der Waals surface area contributed by atoms with E-state index in [-0.39, 0.29) is 15.6 Å². The zero-order valence-corrected chi connectivity index (χ0v) is 16.8. The summed E-state index contributed by atoms with van der Waals surface area (Å²) in [5.74, 6) is -0.854. The highest BCUT2D eigenvalue weighted by Gasteiger charge is 2.31. The van der Waals surface area contributed by atoms with Gasteiger partial charge in [-0.1, -0.05) is 29.3 Å². The van der Waals surface area contributed by atoms with Gasteiger partial charge in [-0.05, 0) is 50.1 Å². The van der Waals surface area contributed by atoms with E-state index >= 15 is 0 Å². The van der Waals surface area contributed by atoms with E-state index in [2.05, 4.69) is 10.0 Å². The molecule has 0 heterocycles. The molecule has 0 aromatic heterocycles. The molecule has 5 nitrogen and oxygen atoms in total. The minimum atomic E-state index is -4.61. The Hall–Kier alpha value is -2.10. The van der Waals surface area contributed by atoms with Crippen LogP contribution in [-0.4, -0.2) is 20.9 Å². The number of nitrogens with one attached hydrogen (secondary N) is 2. The predicted octanol–water partition coefficient (Wildman–Crippen LogP) is 4.20. The number of halogens is 4. The average Bonchev–Trinajstić information content (AvgIpc) is 2.52. The fraction of sp³-hybridized carbons (Fsp3) is 0.278. The highest BCUT2D eigenvalue weighted by Crippen LogP contribution is 2.33. The third kappa shape index (κ3) is 5.24. The summed E-state index contributed by atoms with van der Waals surface area (Å²) >= 11 is 5.81. The van der Waals surface area contributed by atoms with E-state index < -0.39 is 34.2 Å². The number of alkyl halides is 3. The molecule has 2 aromatic carbocycles. The molecule has 0 aliphatic carbocycles. The van der Waals surface area contributed by atoms with Gasteiger partial charge in [0.25, 0.3) is 0 Å². The number of hydrogen-bond acceptors (Lipinski definition) is 3. The molecule has 0 aliphatic heterocycles. The van der Waals surface area contributed by atoms with Crippen LogP contribution in [0.2, 0.25) is 5.02 Å². The maximum absolute atomic E-state index is 12.8. The van der Waals surface area contributed by atoms with Crippen LogP contribution in [0.1, 0.15) is 22.3 Å². The summed E-state index contributed by atoms with van der Waals surface area (Å²) in [5, 5.41) is 2.08. The van der Waals surface area contributed by atoms with Gasteiger partial charge in [0.1, 0.15) is 0 Å². The normalized spacial score (nSPS) is 12.1. The molecule has 0 saturated carbocycles. The molecular formula is C18H18ClF3N2O3S. The topological polar surface area (TPSA) is 75.3 Å². The van der Waals surface area contributed by atoms with Crippen molar-refractivity contribution >= 4 is 33.2 Å². The largest absolute Gasteiger partial charge is 0.416 e. The van der Waals surface area contributed by atoms with Gasteiger partial charge in [0, 0.05) is 0 Å². The lowest BCUT2D eigenvalue weighted by Gasteiger charge is -2.14. The number of carbonyl (C=O) groups excluding carboxylic acids is 1. The van der Waals surface area contributed by atoms with Crippen molar-refractivity contribution in [2.24, 2.45) is 0 Å². The van der Waals surface area contributed by atoms with Gasteiger partial charge in [-0.15, -0.1) is 0 Å². The first kappa shape index (κ1) is 22.2. The Bertz CT molecular complexity index is 998. The average molecular weight is 435 g/mol. The number of anilines is 1. The van der Waals surface area contributed by atoms with E-state index in [1.54, 1.807) is 26.0 Å². The number of aryl methyl sites for hydroxylation is 3. The van der Waals surface area contributed by atoms with Crippen molar-refractivity contribution in [1.29, 1.82) is 0 Å². The fourth-order valence-corrected chi connectivity index (χ4v) is 4.41. The van der Waals surface area contributed by atoms with Gasteiger partial charge < -0.3 is 5.32 Å². The number of carbonyl (C=O) groups is 1. The van der Waals surface area contributed by atoms with Gasteiger partial charge in [0.05, 0.1) is 27.7 Å². The summed E-state index contributed by atoms with van der Waals surface area (Å²) in [7, 11) is -3.99. The van der Waals surface area contributed by atoms with Gasteiger partial charge >= 0.3 is 6.18 Å². The summed E-state index contributed by atoms with van der Waals surface area (Å²) < 4.78 is 65.6. The molecule has 0 unspecified atom stereocenters. The Morgan fingerprint density at radius 2 is 1.64 bits per heavy atom. The van der Waals surface area contributed by atoms with Gasteiger partial charge in [0.15, 0.2) is 0 Å². The van der Waals surface area contributed by atoms with Crippen LogP contribution in [0.4, 0.5) is 18.9 Å². The van der Waals surface area contributed by atoms with Gasteiger partial charge in [-0.2, -0.15) is 13.2 Å². The molecule has 0 spiro atoms. The first-order valence-electron chi connectivity index (χ1n) is 8.05. The maximum atomic E-state index is 12.8. The third-order valence-corrected chi connectivity index (χ3v) is 5.90. The lowest BCUT2D eigenvalue weighted by molar-refractivity contribution is -0.137. The highest BCUT2D eigenvalue weighted by atomic mass is 35.5. The number of sulfonamides is 1. The summed E-state index contributed by atoms with van der Waals surface area (Å²) in [6.07, 6.45) is -4.61. The molecule has 10 heteroatoms. The molecular weight excluding hydrogens is 417 g/mol. The first-order valence-corrected chi connectivity index (χ1v) is 9.91. The summed E-state index contributed by atoms with van der Waals surface area (Å²) in [6, 6.07) is 5.86. The monoisotopic (exact) mass is 434 g/mol. The smallest absolute Gasteiger partial charge is 0.324 e. The van der Waals surface area contributed by atoms with Gasteiger partial charge in [-0.3, -0.25) is 4.79 Å². The van der Waals surface area contributed by atoms with Crippen LogP contribution in [-0.2, 0) is 21.0 Å². The van der Waals surface area contributed by atoms with Crippen molar-refractivity contribution < 1.29 is 26.4 Å². The van der Waals surface area contributed by atoms with E-state index in [0.717, 1.165) is 17.7 Å². The van der Waals surface area contributed by atoms with E-state index in [4.69, 9.17) is 11.6 Å². The Labute approximate surface area is 166 Å². The molecule has 0 aliphatic rings. The zero-order chi connectivity index (χ0) is 21.3. The molecule has 0 saturated heterocycles. The molecule has 1 amide bonds. The van der Waals surface area contributed by atoms with Crippen molar-refractivity contribution in [3.8, 4) is 0 Å². The molecule has 0 radical (unpaired) electrons. The second kappa shape index (κ2) is 8.10. The number of amides is 1. The van der Waals surface area contributed by atoms with Gasteiger partial charge in [0.2, 0.25) is 15.9 Å². The standard InChI is InChI=1S/C18H18ClF3N2O3S/c1-10-6-11(2)17(12(3)7-10)28(26,27)23-9-16(25)24-15-8-13(18(20,21)22)4-5-14(15)19/h4-8,23H,9H2,1-3H3,(H,24,25). The van der Waals surface area contributed by atoms with E-state index in [9.17, 15) is 26.4 Å². The van der Waals surface area contributed by atoms with E-state index in [0.29, 0.717) is 17.2 Å². The minimum Gasteiger partial charge on any atom is -0.324 e. The highest BCUT2D eigenvalue weighted by molar-refractivity contribution is 7.89. The quantitative estimate of drug-likeness (QED) is 0.740. The Morgan fingerprint density at radius 1 is 1.07 bits per heavy atom. The lowest BCUT2D eigenvalue weighted by Crippen LogP contribution is -2.33. The van der Waals surface area contributed by atoms with Crippen LogP contribution < -0.4 is 10.0 Å². The van der Waals surface area contributed by atoms with Crippen molar-refractivity contribution in [1.82, 2.24) is 4.72 Å². The van der Waals surface area contributed by atoms with Crippen LogP contribution in [0.25, 0.3) is 0 Å². The molecule has 0 atom stereocenters. The Kier molecular flexibility index (Phi) is 6.42. The Balaban J connectivity index is 2.15. The molecule has 2 aromatic rings. The van der Waals surface area contributed by atoms with Crippen LogP contribution in [0.3, 0.4) is 0 Å². The second-order valence-corrected chi connectivity index (χ2v) is 8.40. The third-order valence-electron chi connectivity index (χ3n) is 3.86. The maximum Gasteiger partial charge on any atom is 0.416 e. The number of hydrogen-bond donors (Lipinski definition) is 2. The van der Waals surface area contributed by atoms with Crippen molar-refractivity contribution in [2.75, 3.05) is 11.9 Å². The van der Waals surface area contributed by atoms with Crippen LogP contribution in [0.15, 0.2) is 35.2 Å². The second-order valence-electron chi connectivity index (χ2n) is 6.29. The van der Waals surface area contributed by atoms with Crippen molar-refractivity contribution in [2.45, 2.75) is 31.8 Å². The molecule has 0 bridgehead atoms. The number of rotatable bonds is 5. The summed E-state index contributed by atoms with van der Waals surface area (Å²) in [5.41, 5.74) is 0.686. The van der Waals surface area contributed by atoms with Crippen molar-refractivity contribution in [3.05, 3.63) is 57.6 Å². The van der Waals surface area contributed by atoms with Crippen molar-refractivity contribution in [3.63, 3.8) is 0 Å². The van der Waals surface area contributed by atoms with Crippen LogP contribution in [0.5, 0.6) is 0 Å². The minimum absolute atomic E-state index is 0.0583. The SMILES string of the molecule is Cc1cc(C)c(S(=O)(=O)NCC(=O)Nc2cc(C(F)(F)F)ccc2Cl)c(C)c1. The summed E-state index contributed by atoms with van der Waals surface area (Å²) in [6.45, 7) is 4.44. The van der Waals surface area contributed by atoms with Gasteiger partial charge in [-0.25, -0.2) is 13.1 Å². The lowest BCUT2D eigenvalue weighted by atomic mass is 10.1. The van der Waals surface area contributed by atoms with E-state index in [1.807, 2.05) is 6.92 Å². The van der Waals surface area contributed by atoms with Crippen LogP contribution in [0, 0.1) is 20.8 Å².